The summed E-state index contributed by atoms with van der Waals surface area (Å²) in [7, 11) is 1.76. The second-order valence-electron chi connectivity index (χ2n) is 7.15. The highest BCUT2D eigenvalue weighted by Crippen LogP contribution is 2.19. The fraction of sp³-hybridized carbons (Fsp3) is 0.579. The van der Waals surface area contributed by atoms with Crippen molar-refractivity contribution in [3.8, 4) is 0 Å². The Balaban J connectivity index is 1.44. The second kappa shape index (κ2) is 7.79. The molecular weight excluding hydrogens is 302 g/mol. The summed E-state index contributed by atoms with van der Waals surface area (Å²) >= 11 is 0. The standard InChI is InChI=1S/C19H27N3O2/c1-21-14-17(10-18(21)23)19(24)20-11-16-8-5-9-22(13-16)12-15-6-3-2-4-7-15/h2-4,6-7,16-17H,5,8-14H2,1H3,(H,20,24)/t16-,17+/m1/s1. The first-order valence-electron chi connectivity index (χ1n) is 8.90. The van der Waals surface area contributed by atoms with Gasteiger partial charge in [0.25, 0.3) is 0 Å². The van der Waals surface area contributed by atoms with E-state index in [9.17, 15) is 9.59 Å². The summed E-state index contributed by atoms with van der Waals surface area (Å²) in [6.45, 7) is 4.40. The van der Waals surface area contributed by atoms with Crippen LogP contribution in [0.1, 0.15) is 24.8 Å². The summed E-state index contributed by atoms with van der Waals surface area (Å²) in [5.41, 5.74) is 1.34. The van der Waals surface area contributed by atoms with Gasteiger partial charge in [-0.1, -0.05) is 30.3 Å². The molecule has 0 spiro atoms. The van der Waals surface area contributed by atoms with E-state index in [2.05, 4.69) is 34.5 Å². The number of rotatable bonds is 5. The lowest BCUT2D eigenvalue weighted by atomic mass is 9.97. The van der Waals surface area contributed by atoms with Crippen molar-refractivity contribution in [2.24, 2.45) is 11.8 Å². The van der Waals surface area contributed by atoms with Crippen LogP contribution in [0.25, 0.3) is 0 Å². The van der Waals surface area contributed by atoms with Gasteiger partial charge in [0.1, 0.15) is 0 Å². The van der Waals surface area contributed by atoms with Crippen LogP contribution in [0.3, 0.4) is 0 Å². The van der Waals surface area contributed by atoms with E-state index in [1.54, 1.807) is 11.9 Å². The minimum atomic E-state index is -0.175. The molecule has 0 bridgehead atoms. The number of benzene rings is 1. The van der Waals surface area contributed by atoms with E-state index in [0.717, 1.165) is 32.6 Å². The third-order valence-corrected chi connectivity index (χ3v) is 5.13. The van der Waals surface area contributed by atoms with Crippen molar-refractivity contribution in [1.82, 2.24) is 15.1 Å². The third-order valence-electron chi connectivity index (χ3n) is 5.13. The number of nitrogens with one attached hydrogen (secondary N) is 1. The summed E-state index contributed by atoms with van der Waals surface area (Å²) < 4.78 is 0. The van der Waals surface area contributed by atoms with Gasteiger partial charge in [-0.2, -0.15) is 0 Å². The highest BCUT2D eigenvalue weighted by Gasteiger charge is 2.32. The molecule has 3 rings (SSSR count). The lowest BCUT2D eigenvalue weighted by Gasteiger charge is -2.33. The quantitative estimate of drug-likeness (QED) is 0.890. The van der Waals surface area contributed by atoms with Crippen LogP contribution in [0.15, 0.2) is 30.3 Å². The van der Waals surface area contributed by atoms with Crippen LogP contribution in [0, 0.1) is 11.8 Å². The van der Waals surface area contributed by atoms with Crippen LogP contribution in [0.2, 0.25) is 0 Å². The van der Waals surface area contributed by atoms with Gasteiger partial charge < -0.3 is 10.2 Å². The van der Waals surface area contributed by atoms with Crippen molar-refractivity contribution in [3.63, 3.8) is 0 Å². The molecule has 0 saturated carbocycles. The smallest absolute Gasteiger partial charge is 0.225 e. The zero-order valence-corrected chi connectivity index (χ0v) is 14.4. The molecule has 24 heavy (non-hydrogen) atoms. The minimum Gasteiger partial charge on any atom is -0.355 e. The Kier molecular flexibility index (Phi) is 5.51. The first-order valence-corrected chi connectivity index (χ1v) is 8.90. The van der Waals surface area contributed by atoms with Gasteiger partial charge in [-0.25, -0.2) is 0 Å². The van der Waals surface area contributed by atoms with Gasteiger partial charge in [0.2, 0.25) is 11.8 Å². The number of carbonyl (C=O) groups excluding carboxylic acids is 2. The molecule has 0 radical (unpaired) electrons. The zero-order chi connectivity index (χ0) is 16.9. The molecule has 2 fully saturated rings. The Labute approximate surface area is 144 Å². The van der Waals surface area contributed by atoms with E-state index in [0.29, 0.717) is 18.9 Å². The van der Waals surface area contributed by atoms with Gasteiger partial charge in [0.05, 0.1) is 5.92 Å². The van der Waals surface area contributed by atoms with E-state index >= 15 is 0 Å². The lowest BCUT2D eigenvalue weighted by molar-refractivity contribution is -0.128. The van der Waals surface area contributed by atoms with E-state index in [1.807, 2.05) is 6.07 Å². The molecule has 2 aliphatic rings. The van der Waals surface area contributed by atoms with Crippen molar-refractivity contribution in [2.45, 2.75) is 25.8 Å². The SMILES string of the molecule is CN1C[C@@H](C(=O)NC[C@H]2CCCN(Cc3ccccc3)C2)CC1=O. The fourth-order valence-corrected chi connectivity index (χ4v) is 3.73. The molecule has 0 aliphatic carbocycles. The van der Waals surface area contributed by atoms with Crippen LogP contribution < -0.4 is 5.32 Å². The lowest BCUT2D eigenvalue weighted by Crippen LogP contribution is -2.42. The monoisotopic (exact) mass is 329 g/mol. The first-order chi connectivity index (χ1) is 11.6. The van der Waals surface area contributed by atoms with E-state index in [4.69, 9.17) is 0 Å². The molecule has 2 heterocycles. The minimum absolute atomic E-state index is 0.0351. The van der Waals surface area contributed by atoms with Crippen molar-refractivity contribution in [2.75, 3.05) is 33.2 Å². The van der Waals surface area contributed by atoms with Gasteiger partial charge >= 0.3 is 0 Å². The largest absolute Gasteiger partial charge is 0.355 e. The molecule has 5 nitrogen and oxygen atoms in total. The summed E-state index contributed by atoms with van der Waals surface area (Å²) in [5.74, 6) is 0.433. The zero-order valence-electron chi connectivity index (χ0n) is 14.4. The predicted octanol–water partition coefficient (Wildman–Crippen LogP) is 1.49. The normalized spacial score (nSPS) is 25.0. The molecule has 2 aliphatic heterocycles. The number of amides is 2. The average molecular weight is 329 g/mol. The highest BCUT2D eigenvalue weighted by molar-refractivity contribution is 5.89. The number of hydrogen-bond donors (Lipinski definition) is 1. The first kappa shape index (κ1) is 17.0. The third kappa shape index (κ3) is 4.35. The maximum atomic E-state index is 12.2. The van der Waals surface area contributed by atoms with Crippen LogP contribution in [0.4, 0.5) is 0 Å². The van der Waals surface area contributed by atoms with Crippen molar-refractivity contribution < 1.29 is 9.59 Å². The molecule has 1 aromatic rings. The Bertz CT molecular complexity index is 575. The summed E-state index contributed by atoms with van der Waals surface area (Å²) in [6, 6.07) is 10.5. The maximum absolute atomic E-state index is 12.2. The molecule has 130 valence electrons. The number of hydrogen-bond acceptors (Lipinski definition) is 3. The molecular formula is C19H27N3O2. The molecule has 1 N–H and O–H groups in total. The van der Waals surface area contributed by atoms with E-state index < -0.39 is 0 Å². The molecule has 1 aromatic carbocycles. The average Bonchev–Trinajstić information content (AvgIpc) is 2.93. The highest BCUT2D eigenvalue weighted by atomic mass is 16.2. The Hall–Kier alpha value is -1.88. The maximum Gasteiger partial charge on any atom is 0.225 e. The van der Waals surface area contributed by atoms with Crippen LogP contribution in [-0.4, -0.2) is 54.8 Å². The number of nitrogens with zero attached hydrogens (tertiary/aromatic N) is 2. The predicted molar refractivity (Wildman–Crippen MR) is 93.2 cm³/mol. The second-order valence-corrected chi connectivity index (χ2v) is 7.15. The topological polar surface area (TPSA) is 52.7 Å². The van der Waals surface area contributed by atoms with Gasteiger partial charge in [0, 0.05) is 39.6 Å². The Morgan fingerprint density at radius 3 is 2.75 bits per heavy atom. The van der Waals surface area contributed by atoms with Gasteiger partial charge in [-0.3, -0.25) is 14.5 Å². The molecule has 2 amide bonds. The van der Waals surface area contributed by atoms with Gasteiger partial charge in [-0.15, -0.1) is 0 Å². The summed E-state index contributed by atoms with van der Waals surface area (Å²) in [5, 5.41) is 3.08. The molecule has 0 aromatic heterocycles. The fourth-order valence-electron chi connectivity index (χ4n) is 3.73. The van der Waals surface area contributed by atoms with Gasteiger partial charge in [0.15, 0.2) is 0 Å². The van der Waals surface area contributed by atoms with E-state index in [-0.39, 0.29) is 17.7 Å². The summed E-state index contributed by atoms with van der Waals surface area (Å²) in [4.78, 5) is 27.9. The molecule has 2 atom stereocenters. The Morgan fingerprint density at radius 2 is 2.04 bits per heavy atom. The molecule has 5 heteroatoms. The number of piperidine rings is 1. The van der Waals surface area contributed by atoms with Crippen LogP contribution in [0.5, 0.6) is 0 Å². The van der Waals surface area contributed by atoms with Crippen molar-refractivity contribution >= 4 is 11.8 Å². The number of likely N-dealkylation sites (tertiary alicyclic amines) is 2. The van der Waals surface area contributed by atoms with E-state index in [1.165, 1.54) is 12.0 Å². The van der Waals surface area contributed by atoms with Crippen LogP contribution >= 0.6 is 0 Å². The number of carbonyl (C=O) groups is 2. The Morgan fingerprint density at radius 1 is 1.25 bits per heavy atom. The van der Waals surface area contributed by atoms with Crippen molar-refractivity contribution in [1.29, 1.82) is 0 Å². The van der Waals surface area contributed by atoms with Crippen molar-refractivity contribution in [3.05, 3.63) is 35.9 Å². The van der Waals surface area contributed by atoms with Crippen LogP contribution in [-0.2, 0) is 16.1 Å². The summed E-state index contributed by atoms with van der Waals surface area (Å²) in [6.07, 6.45) is 2.69. The molecule has 0 unspecified atom stereocenters. The van der Waals surface area contributed by atoms with Gasteiger partial charge in [-0.05, 0) is 30.9 Å². The molecule has 2 saturated heterocycles.